The molecule has 3 aliphatic rings. The van der Waals surface area contributed by atoms with E-state index in [0.29, 0.717) is 12.5 Å². The van der Waals surface area contributed by atoms with Gasteiger partial charge in [-0.05, 0) is 25.7 Å². The van der Waals surface area contributed by atoms with E-state index in [1.54, 1.807) is 0 Å². The first-order valence-electron chi connectivity index (χ1n) is 10.5. The standard InChI is InChI=1S/C18H25F2N3O3.C2HF3O2/c1-12-6-15(22-26-12)9-23-10-17(11-23)14(3-5-25-17)2-4-21-16(24)13-7-18(19,20)8-13;3-2(4,5)1(6)7/h6,13-14H,2-5,7-11H2,1H3,(H,21,24);(H,6,7). The highest BCUT2D eigenvalue weighted by Crippen LogP contribution is 2.43. The van der Waals surface area contributed by atoms with Crippen molar-refractivity contribution in [3.8, 4) is 0 Å². The van der Waals surface area contributed by atoms with E-state index in [1.807, 2.05) is 13.0 Å². The highest BCUT2D eigenvalue weighted by atomic mass is 19.4. The minimum atomic E-state index is -5.08. The largest absolute Gasteiger partial charge is 0.490 e. The molecule has 0 aromatic carbocycles. The minimum absolute atomic E-state index is 0.132. The molecule has 1 saturated carbocycles. The van der Waals surface area contributed by atoms with E-state index in [2.05, 4.69) is 15.4 Å². The molecular weight excluding hydrogens is 457 g/mol. The summed E-state index contributed by atoms with van der Waals surface area (Å²) in [6.07, 6.45) is -3.91. The average molecular weight is 483 g/mol. The van der Waals surface area contributed by atoms with Crippen LogP contribution in [-0.2, 0) is 20.9 Å². The van der Waals surface area contributed by atoms with Gasteiger partial charge in [-0.2, -0.15) is 13.2 Å². The highest BCUT2D eigenvalue weighted by Gasteiger charge is 2.53. The predicted molar refractivity (Wildman–Crippen MR) is 102 cm³/mol. The van der Waals surface area contributed by atoms with E-state index in [9.17, 15) is 26.7 Å². The van der Waals surface area contributed by atoms with Crippen molar-refractivity contribution >= 4 is 11.9 Å². The second-order valence-electron chi connectivity index (χ2n) is 8.82. The Kier molecular flexibility index (Phi) is 7.32. The number of likely N-dealkylation sites (tertiary alicyclic amines) is 1. The third kappa shape index (κ3) is 6.40. The van der Waals surface area contributed by atoms with Gasteiger partial charge in [-0.3, -0.25) is 9.69 Å². The van der Waals surface area contributed by atoms with Gasteiger partial charge >= 0.3 is 12.1 Å². The van der Waals surface area contributed by atoms with Crippen molar-refractivity contribution in [3.63, 3.8) is 0 Å². The number of carbonyl (C=O) groups is 2. The lowest BCUT2D eigenvalue weighted by Gasteiger charge is -2.50. The molecule has 1 aliphatic carbocycles. The molecule has 1 amide bonds. The van der Waals surface area contributed by atoms with Crippen molar-refractivity contribution in [1.82, 2.24) is 15.4 Å². The fourth-order valence-electron chi connectivity index (χ4n) is 4.45. The number of halogens is 5. The molecule has 3 heterocycles. The molecule has 3 fully saturated rings. The van der Waals surface area contributed by atoms with Crippen molar-refractivity contribution < 1.29 is 45.9 Å². The van der Waals surface area contributed by atoms with Crippen LogP contribution < -0.4 is 5.32 Å². The van der Waals surface area contributed by atoms with Gasteiger partial charge in [0.1, 0.15) is 5.76 Å². The number of carbonyl (C=O) groups excluding carboxylic acids is 1. The summed E-state index contributed by atoms with van der Waals surface area (Å²) < 4.78 is 68.6. The van der Waals surface area contributed by atoms with E-state index < -0.39 is 24.0 Å². The van der Waals surface area contributed by atoms with Crippen LogP contribution in [0.1, 0.15) is 37.1 Å². The summed E-state index contributed by atoms with van der Waals surface area (Å²) in [4.78, 5) is 23.1. The molecule has 186 valence electrons. The summed E-state index contributed by atoms with van der Waals surface area (Å²) in [5.74, 6) is -4.97. The van der Waals surface area contributed by atoms with Gasteiger partial charge in [-0.15, -0.1) is 0 Å². The number of nitrogens with zero attached hydrogens (tertiary/aromatic N) is 2. The first kappa shape index (κ1) is 25.3. The molecular formula is C20H26F5N3O5. The smallest absolute Gasteiger partial charge is 0.475 e. The van der Waals surface area contributed by atoms with Crippen LogP contribution in [0.5, 0.6) is 0 Å². The molecule has 1 spiro atoms. The van der Waals surface area contributed by atoms with E-state index >= 15 is 0 Å². The highest BCUT2D eigenvalue weighted by molar-refractivity contribution is 5.79. The minimum Gasteiger partial charge on any atom is -0.475 e. The van der Waals surface area contributed by atoms with Crippen molar-refractivity contribution in [2.24, 2.45) is 11.8 Å². The Bertz CT molecular complexity index is 845. The summed E-state index contributed by atoms with van der Waals surface area (Å²) in [7, 11) is 0. The van der Waals surface area contributed by atoms with E-state index in [0.717, 1.165) is 50.5 Å². The number of aliphatic carboxylic acids is 1. The SMILES string of the molecule is Cc1cc(CN2CC3(C2)OCCC3CCNC(=O)C2CC(F)(F)C2)no1.O=C(O)C(F)(F)F. The lowest BCUT2D eigenvalue weighted by Crippen LogP contribution is -2.64. The predicted octanol–water partition coefficient (Wildman–Crippen LogP) is 2.76. The molecule has 2 saturated heterocycles. The number of hydrogen-bond donors (Lipinski definition) is 2. The van der Waals surface area contributed by atoms with Crippen LogP contribution in [0.3, 0.4) is 0 Å². The molecule has 0 bridgehead atoms. The van der Waals surface area contributed by atoms with Crippen LogP contribution in [0.4, 0.5) is 22.0 Å². The lowest BCUT2D eigenvalue weighted by molar-refractivity contribution is -0.192. The zero-order chi connectivity index (χ0) is 24.4. The third-order valence-corrected chi connectivity index (χ3v) is 6.14. The van der Waals surface area contributed by atoms with Crippen LogP contribution in [0, 0.1) is 18.8 Å². The number of alkyl halides is 5. The zero-order valence-corrected chi connectivity index (χ0v) is 18.0. The monoisotopic (exact) mass is 483 g/mol. The molecule has 1 aromatic heterocycles. The molecule has 2 N–H and O–H groups in total. The molecule has 4 rings (SSSR count). The van der Waals surface area contributed by atoms with E-state index in [1.165, 1.54) is 0 Å². The molecule has 33 heavy (non-hydrogen) atoms. The first-order chi connectivity index (χ1) is 15.3. The van der Waals surface area contributed by atoms with Crippen LogP contribution in [0.15, 0.2) is 10.6 Å². The van der Waals surface area contributed by atoms with Crippen molar-refractivity contribution in [3.05, 3.63) is 17.5 Å². The van der Waals surface area contributed by atoms with Crippen molar-refractivity contribution in [2.75, 3.05) is 26.2 Å². The maximum atomic E-state index is 12.9. The van der Waals surface area contributed by atoms with Crippen molar-refractivity contribution in [1.29, 1.82) is 0 Å². The molecule has 0 radical (unpaired) electrons. The number of carboxylic acids is 1. The second-order valence-corrected chi connectivity index (χ2v) is 8.82. The van der Waals surface area contributed by atoms with Gasteiger partial charge < -0.3 is 19.7 Å². The molecule has 2 aliphatic heterocycles. The fourth-order valence-corrected chi connectivity index (χ4v) is 4.45. The van der Waals surface area contributed by atoms with Crippen LogP contribution in [-0.4, -0.2) is 71.0 Å². The Morgan fingerprint density at radius 3 is 2.45 bits per heavy atom. The summed E-state index contributed by atoms with van der Waals surface area (Å²) in [6.45, 7) is 5.60. The van der Waals surface area contributed by atoms with Gasteiger partial charge in [0, 0.05) is 57.6 Å². The fraction of sp³-hybridized carbons (Fsp3) is 0.750. The average Bonchev–Trinajstić information content (AvgIpc) is 3.25. The zero-order valence-electron chi connectivity index (χ0n) is 18.0. The molecule has 1 unspecified atom stereocenters. The van der Waals surface area contributed by atoms with Gasteiger partial charge in [-0.25, -0.2) is 13.6 Å². The Morgan fingerprint density at radius 2 is 1.94 bits per heavy atom. The van der Waals surface area contributed by atoms with Crippen LogP contribution >= 0.6 is 0 Å². The topological polar surface area (TPSA) is 105 Å². The summed E-state index contributed by atoms with van der Waals surface area (Å²) in [6, 6.07) is 1.94. The Morgan fingerprint density at radius 1 is 1.30 bits per heavy atom. The van der Waals surface area contributed by atoms with E-state index in [-0.39, 0.29) is 24.3 Å². The number of aromatic nitrogens is 1. The number of carboxylic acid groups (broad SMARTS) is 1. The first-order valence-corrected chi connectivity index (χ1v) is 10.5. The van der Waals surface area contributed by atoms with E-state index in [4.69, 9.17) is 19.2 Å². The number of ether oxygens (including phenoxy) is 1. The number of nitrogens with one attached hydrogen (secondary N) is 1. The third-order valence-electron chi connectivity index (χ3n) is 6.14. The number of hydrogen-bond acceptors (Lipinski definition) is 6. The maximum absolute atomic E-state index is 12.9. The Balaban J connectivity index is 0.000000383. The Labute approximate surface area is 186 Å². The second kappa shape index (κ2) is 9.53. The van der Waals surface area contributed by atoms with Gasteiger partial charge in [0.05, 0.1) is 11.3 Å². The molecule has 8 nitrogen and oxygen atoms in total. The summed E-state index contributed by atoms with van der Waals surface area (Å²) in [5, 5.41) is 14.0. The normalized spacial score (nSPS) is 23.9. The molecule has 1 aromatic rings. The lowest BCUT2D eigenvalue weighted by atomic mass is 9.78. The number of aryl methyl sites for hydroxylation is 1. The summed E-state index contributed by atoms with van der Waals surface area (Å²) >= 11 is 0. The van der Waals surface area contributed by atoms with Crippen molar-refractivity contribution in [2.45, 2.75) is 56.9 Å². The number of amides is 1. The quantitative estimate of drug-likeness (QED) is 0.600. The van der Waals surface area contributed by atoms with Gasteiger partial charge in [0.15, 0.2) is 0 Å². The molecule has 13 heteroatoms. The maximum Gasteiger partial charge on any atom is 0.490 e. The number of rotatable bonds is 6. The van der Waals surface area contributed by atoms with Gasteiger partial charge in [-0.1, -0.05) is 5.16 Å². The van der Waals surface area contributed by atoms with Gasteiger partial charge in [0.2, 0.25) is 11.8 Å². The van der Waals surface area contributed by atoms with Gasteiger partial charge in [0.25, 0.3) is 0 Å². The summed E-state index contributed by atoms with van der Waals surface area (Å²) in [5.41, 5.74) is 0.795. The Hall–Kier alpha value is -2.28. The van der Waals surface area contributed by atoms with Crippen LogP contribution in [0.2, 0.25) is 0 Å². The molecule has 1 atom stereocenters. The van der Waals surface area contributed by atoms with Crippen LogP contribution in [0.25, 0.3) is 0 Å².